The first-order chi connectivity index (χ1) is 14.5. The summed E-state index contributed by atoms with van der Waals surface area (Å²) in [4.78, 5) is 21.6. The van der Waals surface area contributed by atoms with E-state index in [1.54, 1.807) is 30.1 Å². The van der Waals surface area contributed by atoms with Crippen molar-refractivity contribution in [1.29, 1.82) is 0 Å². The van der Waals surface area contributed by atoms with E-state index in [4.69, 9.17) is 16.6 Å². The van der Waals surface area contributed by atoms with Crippen LogP contribution in [0, 0.1) is 0 Å². The number of carbonyl (C=O) groups excluding carboxylic acids is 1. The molecule has 0 radical (unpaired) electrons. The van der Waals surface area contributed by atoms with Crippen LogP contribution in [0.15, 0.2) is 35.6 Å². The van der Waals surface area contributed by atoms with Crippen LogP contribution in [0.25, 0.3) is 11.0 Å². The van der Waals surface area contributed by atoms with Gasteiger partial charge in [-0.15, -0.1) is 0 Å². The van der Waals surface area contributed by atoms with Crippen LogP contribution >= 0.6 is 23.4 Å². The molecule has 0 aliphatic rings. The van der Waals surface area contributed by atoms with Gasteiger partial charge in [0.1, 0.15) is 5.82 Å². The van der Waals surface area contributed by atoms with Gasteiger partial charge in [-0.2, -0.15) is 5.10 Å². The number of benzene rings is 1. The molecule has 2 heterocycles. The van der Waals surface area contributed by atoms with Crippen molar-refractivity contribution in [2.75, 3.05) is 17.6 Å². The van der Waals surface area contributed by atoms with E-state index >= 15 is 0 Å². The Morgan fingerprint density at radius 3 is 2.70 bits per heavy atom. The van der Waals surface area contributed by atoms with Gasteiger partial charge in [0.15, 0.2) is 10.8 Å². The number of thioether (sulfide) groups is 1. The van der Waals surface area contributed by atoms with Gasteiger partial charge >= 0.3 is 0 Å². The molecule has 0 aliphatic heterocycles. The normalized spacial score (nSPS) is 11.2. The molecule has 9 heteroatoms. The highest BCUT2D eigenvalue weighted by molar-refractivity contribution is 7.99. The van der Waals surface area contributed by atoms with E-state index in [0.29, 0.717) is 24.5 Å². The minimum Gasteiger partial charge on any atom is -0.367 e. The zero-order chi connectivity index (χ0) is 21.5. The fraction of sp³-hybridized carbons (Fsp3) is 0.429. The molecule has 1 aromatic carbocycles. The predicted octanol–water partition coefficient (Wildman–Crippen LogP) is 4.16. The maximum atomic E-state index is 12.2. The van der Waals surface area contributed by atoms with Crippen LogP contribution in [0.3, 0.4) is 0 Å². The van der Waals surface area contributed by atoms with Crippen LogP contribution in [0.2, 0.25) is 5.02 Å². The lowest BCUT2D eigenvalue weighted by Gasteiger charge is -2.12. The lowest BCUT2D eigenvalue weighted by Crippen LogP contribution is -2.28. The first-order valence-corrected chi connectivity index (χ1v) is 11.5. The number of hydrogen-bond donors (Lipinski definition) is 2. The first kappa shape index (κ1) is 22.4. The van der Waals surface area contributed by atoms with Crippen LogP contribution in [0.5, 0.6) is 0 Å². The molecule has 7 nitrogen and oxygen atoms in total. The Hall–Kier alpha value is -2.32. The summed E-state index contributed by atoms with van der Waals surface area (Å²) in [6.07, 6.45) is 3.15. The zero-order valence-corrected chi connectivity index (χ0v) is 19.1. The van der Waals surface area contributed by atoms with Crippen molar-refractivity contribution in [1.82, 2.24) is 25.1 Å². The summed E-state index contributed by atoms with van der Waals surface area (Å²) in [5.41, 5.74) is 1.70. The van der Waals surface area contributed by atoms with E-state index in [9.17, 15) is 4.79 Å². The Kier molecular flexibility index (Phi) is 7.93. The fourth-order valence-electron chi connectivity index (χ4n) is 2.89. The lowest BCUT2D eigenvalue weighted by atomic mass is 10.1. The molecule has 0 spiro atoms. The minimum atomic E-state index is -0.0373. The van der Waals surface area contributed by atoms with Crippen LogP contribution in [-0.2, 0) is 17.8 Å². The predicted molar refractivity (Wildman–Crippen MR) is 123 cm³/mol. The number of nitrogens with zero attached hydrogens (tertiary/aromatic N) is 4. The summed E-state index contributed by atoms with van der Waals surface area (Å²) in [6, 6.07) is 7.55. The molecule has 3 aromatic rings. The monoisotopic (exact) mass is 446 g/mol. The maximum absolute atomic E-state index is 12.2. The molecule has 160 valence electrons. The number of rotatable bonds is 10. The van der Waals surface area contributed by atoms with Gasteiger partial charge in [-0.05, 0) is 38.0 Å². The SMILES string of the molecule is CCCSc1nc(NC(C)C)c2cnn(CCNC(=O)Cc3ccc(Cl)cc3)c2n1. The smallest absolute Gasteiger partial charge is 0.224 e. The van der Waals surface area contributed by atoms with E-state index < -0.39 is 0 Å². The lowest BCUT2D eigenvalue weighted by molar-refractivity contribution is -0.120. The summed E-state index contributed by atoms with van der Waals surface area (Å²) in [6.45, 7) is 7.29. The van der Waals surface area contributed by atoms with Gasteiger partial charge in [0.05, 0.1) is 24.5 Å². The summed E-state index contributed by atoms with van der Waals surface area (Å²) >= 11 is 7.52. The minimum absolute atomic E-state index is 0.0373. The average molecular weight is 447 g/mol. The van der Waals surface area contributed by atoms with Gasteiger partial charge in [-0.25, -0.2) is 14.6 Å². The number of halogens is 1. The number of anilines is 1. The molecule has 0 atom stereocenters. The highest BCUT2D eigenvalue weighted by atomic mass is 35.5. The third-order valence-corrected chi connectivity index (χ3v) is 5.57. The van der Waals surface area contributed by atoms with Crippen LogP contribution < -0.4 is 10.6 Å². The van der Waals surface area contributed by atoms with E-state index in [2.05, 4.69) is 41.5 Å². The third-order valence-electron chi connectivity index (χ3n) is 4.26. The van der Waals surface area contributed by atoms with E-state index in [1.165, 1.54) is 0 Å². The largest absolute Gasteiger partial charge is 0.367 e. The second kappa shape index (κ2) is 10.6. The molecule has 0 bridgehead atoms. The molecule has 2 N–H and O–H groups in total. The zero-order valence-electron chi connectivity index (χ0n) is 17.5. The van der Waals surface area contributed by atoms with Crippen LogP contribution in [0.4, 0.5) is 5.82 Å². The quantitative estimate of drug-likeness (QED) is 0.359. The number of amides is 1. The second-order valence-corrected chi connectivity index (χ2v) is 8.76. The van der Waals surface area contributed by atoms with E-state index in [-0.39, 0.29) is 11.9 Å². The van der Waals surface area contributed by atoms with Crippen molar-refractivity contribution >= 4 is 46.1 Å². The number of aromatic nitrogens is 4. The van der Waals surface area contributed by atoms with Gasteiger partial charge in [0.25, 0.3) is 0 Å². The maximum Gasteiger partial charge on any atom is 0.224 e. The topological polar surface area (TPSA) is 84.7 Å². The standard InChI is InChI=1S/C21H27ClN6OS/c1-4-11-30-21-26-19(25-14(2)3)17-13-24-28(20(17)27-21)10-9-23-18(29)12-15-5-7-16(22)8-6-15/h5-8,13-14H,4,9-12H2,1-3H3,(H,23,29)(H,25,26,27). The summed E-state index contributed by atoms with van der Waals surface area (Å²) in [5, 5.41) is 13.1. The third kappa shape index (κ3) is 6.09. The second-order valence-electron chi connectivity index (χ2n) is 7.26. The summed E-state index contributed by atoms with van der Waals surface area (Å²) < 4.78 is 1.82. The first-order valence-electron chi connectivity index (χ1n) is 10.1. The Morgan fingerprint density at radius 2 is 2.00 bits per heavy atom. The van der Waals surface area contributed by atoms with Gasteiger partial charge in [-0.3, -0.25) is 4.79 Å². The van der Waals surface area contributed by atoms with Crippen LogP contribution in [-0.4, -0.2) is 44.0 Å². The molecule has 30 heavy (non-hydrogen) atoms. The molecule has 0 saturated heterocycles. The van der Waals surface area contributed by atoms with Crippen molar-refractivity contribution in [3.8, 4) is 0 Å². The summed E-state index contributed by atoms with van der Waals surface area (Å²) in [5.74, 6) is 1.72. The Bertz CT molecular complexity index is 989. The average Bonchev–Trinajstić information content (AvgIpc) is 3.11. The molecule has 3 rings (SSSR count). The van der Waals surface area contributed by atoms with E-state index in [1.807, 2.05) is 16.8 Å². The van der Waals surface area contributed by atoms with Crippen molar-refractivity contribution in [3.05, 3.63) is 41.0 Å². The Balaban J connectivity index is 1.67. The molecule has 2 aromatic heterocycles. The molecule has 1 amide bonds. The number of fused-ring (bicyclic) bond motifs is 1. The van der Waals surface area contributed by atoms with Gasteiger partial charge in [-0.1, -0.05) is 42.4 Å². The van der Waals surface area contributed by atoms with Gasteiger partial charge < -0.3 is 10.6 Å². The fourth-order valence-corrected chi connectivity index (χ4v) is 3.71. The van der Waals surface area contributed by atoms with Crippen molar-refractivity contribution < 1.29 is 4.79 Å². The van der Waals surface area contributed by atoms with E-state index in [0.717, 1.165) is 39.7 Å². The molecule has 0 fully saturated rings. The molecular formula is C21H27ClN6OS. The number of hydrogen-bond acceptors (Lipinski definition) is 6. The molecular weight excluding hydrogens is 420 g/mol. The Morgan fingerprint density at radius 1 is 1.23 bits per heavy atom. The van der Waals surface area contributed by atoms with Crippen molar-refractivity contribution in [2.45, 2.75) is 51.4 Å². The van der Waals surface area contributed by atoms with Crippen molar-refractivity contribution in [2.24, 2.45) is 0 Å². The molecule has 0 unspecified atom stereocenters. The highest BCUT2D eigenvalue weighted by Crippen LogP contribution is 2.25. The van der Waals surface area contributed by atoms with Crippen LogP contribution in [0.1, 0.15) is 32.8 Å². The van der Waals surface area contributed by atoms with Crippen molar-refractivity contribution in [3.63, 3.8) is 0 Å². The van der Waals surface area contributed by atoms with Gasteiger partial charge in [0.2, 0.25) is 5.91 Å². The highest BCUT2D eigenvalue weighted by Gasteiger charge is 2.14. The Labute approximate surface area is 186 Å². The number of carbonyl (C=O) groups is 1. The summed E-state index contributed by atoms with van der Waals surface area (Å²) in [7, 11) is 0. The molecule has 0 aliphatic carbocycles. The molecule has 0 saturated carbocycles. The van der Waals surface area contributed by atoms with Gasteiger partial charge in [0, 0.05) is 23.4 Å². The number of nitrogens with one attached hydrogen (secondary N) is 2.